The number of hydrogen-bond acceptors (Lipinski definition) is 3. The number of carbonyl (C=O) groups excluding carboxylic acids is 1. The number of anilines is 1. The van der Waals surface area contributed by atoms with Gasteiger partial charge in [0, 0.05) is 19.2 Å². The van der Waals surface area contributed by atoms with Gasteiger partial charge in [0.25, 0.3) is 0 Å². The number of nitrogens with zero attached hydrogens (tertiary/aromatic N) is 1. The summed E-state index contributed by atoms with van der Waals surface area (Å²) in [7, 11) is 0. The minimum atomic E-state index is -4.39. The molecule has 1 fully saturated rings. The Kier molecular flexibility index (Phi) is 2.91. The number of rotatable bonds is 2. The Morgan fingerprint density at radius 3 is 2.82 bits per heavy atom. The molecule has 2 N–H and O–H groups in total. The monoisotopic (exact) mass is 245 g/mol. The zero-order chi connectivity index (χ0) is 12.5. The van der Waals surface area contributed by atoms with E-state index in [1.165, 1.54) is 0 Å². The van der Waals surface area contributed by atoms with Crippen molar-refractivity contribution in [3.63, 3.8) is 0 Å². The number of pyridine rings is 1. The van der Waals surface area contributed by atoms with Crippen LogP contribution < -0.4 is 10.6 Å². The van der Waals surface area contributed by atoms with Crippen LogP contribution in [0.25, 0.3) is 0 Å². The van der Waals surface area contributed by atoms with Gasteiger partial charge in [-0.25, -0.2) is 4.98 Å². The van der Waals surface area contributed by atoms with E-state index in [0.717, 1.165) is 18.3 Å². The molecule has 92 valence electrons. The van der Waals surface area contributed by atoms with Crippen LogP contribution in [0.4, 0.5) is 19.0 Å². The third-order valence-electron chi connectivity index (χ3n) is 2.42. The molecule has 1 unspecified atom stereocenters. The van der Waals surface area contributed by atoms with Gasteiger partial charge in [-0.15, -0.1) is 0 Å². The van der Waals surface area contributed by atoms with Gasteiger partial charge in [0.05, 0.1) is 11.6 Å². The third kappa shape index (κ3) is 2.86. The molecule has 17 heavy (non-hydrogen) atoms. The van der Waals surface area contributed by atoms with Crippen LogP contribution in [0.1, 0.15) is 12.0 Å². The quantitative estimate of drug-likeness (QED) is 0.828. The van der Waals surface area contributed by atoms with E-state index < -0.39 is 11.7 Å². The Morgan fingerprint density at radius 2 is 2.24 bits per heavy atom. The highest BCUT2D eigenvalue weighted by atomic mass is 19.4. The summed E-state index contributed by atoms with van der Waals surface area (Å²) in [5.41, 5.74) is -0.757. The van der Waals surface area contributed by atoms with Crippen molar-refractivity contribution >= 4 is 11.7 Å². The highest BCUT2D eigenvalue weighted by Crippen LogP contribution is 2.30. The molecule has 0 saturated carbocycles. The average Bonchev–Trinajstić information content (AvgIpc) is 2.63. The number of amides is 1. The Hall–Kier alpha value is -1.79. The van der Waals surface area contributed by atoms with Gasteiger partial charge in [0.1, 0.15) is 5.82 Å². The van der Waals surface area contributed by atoms with Crippen molar-refractivity contribution in [2.45, 2.75) is 18.6 Å². The number of alkyl halides is 3. The molecule has 1 aliphatic heterocycles. The summed E-state index contributed by atoms with van der Waals surface area (Å²) in [6, 6.07) is 1.63. The molecular weight excluding hydrogens is 235 g/mol. The summed E-state index contributed by atoms with van der Waals surface area (Å²) in [6.45, 7) is 0.400. The summed E-state index contributed by atoms with van der Waals surface area (Å²) in [5.74, 6) is 0.0100. The molecule has 1 atom stereocenters. The lowest BCUT2D eigenvalue weighted by molar-refractivity contribution is -0.137. The molecule has 2 rings (SSSR count). The molecule has 1 aliphatic rings. The van der Waals surface area contributed by atoms with E-state index in [2.05, 4.69) is 15.6 Å². The van der Waals surface area contributed by atoms with Crippen molar-refractivity contribution in [2.75, 3.05) is 11.9 Å². The van der Waals surface area contributed by atoms with Gasteiger partial charge in [-0.2, -0.15) is 13.2 Å². The molecule has 2 heterocycles. The molecule has 7 heteroatoms. The number of aromatic nitrogens is 1. The third-order valence-corrected chi connectivity index (χ3v) is 2.42. The van der Waals surface area contributed by atoms with E-state index in [1.54, 1.807) is 0 Å². The van der Waals surface area contributed by atoms with Crippen LogP contribution in [0, 0.1) is 0 Å². The van der Waals surface area contributed by atoms with Gasteiger partial charge in [-0.05, 0) is 12.1 Å². The van der Waals surface area contributed by atoms with E-state index in [1.807, 2.05) is 0 Å². The number of carbonyl (C=O) groups is 1. The Morgan fingerprint density at radius 1 is 1.47 bits per heavy atom. The summed E-state index contributed by atoms with van der Waals surface area (Å²) in [4.78, 5) is 14.7. The summed E-state index contributed by atoms with van der Waals surface area (Å²) in [5, 5.41) is 5.37. The highest BCUT2D eigenvalue weighted by Gasteiger charge is 2.31. The average molecular weight is 245 g/mol. The molecule has 0 radical (unpaired) electrons. The second-order valence-corrected chi connectivity index (χ2v) is 3.78. The van der Waals surface area contributed by atoms with E-state index >= 15 is 0 Å². The van der Waals surface area contributed by atoms with Crippen molar-refractivity contribution < 1.29 is 18.0 Å². The van der Waals surface area contributed by atoms with Crippen molar-refractivity contribution in [3.05, 3.63) is 23.9 Å². The first-order valence-electron chi connectivity index (χ1n) is 5.01. The molecular formula is C10H10F3N3O. The zero-order valence-electron chi connectivity index (χ0n) is 8.71. The number of halogens is 3. The minimum absolute atomic E-state index is 0.116. The van der Waals surface area contributed by atoms with Gasteiger partial charge in [0.15, 0.2) is 0 Å². The lowest BCUT2D eigenvalue weighted by Crippen LogP contribution is -2.23. The minimum Gasteiger partial charge on any atom is -0.365 e. The van der Waals surface area contributed by atoms with E-state index in [9.17, 15) is 18.0 Å². The van der Waals surface area contributed by atoms with Crippen molar-refractivity contribution in [3.8, 4) is 0 Å². The maximum absolute atomic E-state index is 12.4. The van der Waals surface area contributed by atoms with E-state index in [0.29, 0.717) is 6.54 Å². The first-order chi connectivity index (χ1) is 7.95. The van der Waals surface area contributed by atoms with Gasteiger partial charge >= 0.3 is 6.18 Å². The first kappa shape index (κ1) is 11.7. The van der Waals surface area contributed by atoms with E-state index in [4.69, 9.17) is 0 Å². The van der Waals surface area contributed by atoms with E-state index in [-0.39, 0.29) is 24.2 Å². The molecule has 0 spiro atoms. The topological polar surface area (TPSA) is 54.0 Å². The summed E-state index contributed by atoms with van der Waals surface area (Å²) in [6.07, 6.45) is -3.05. The Bertz CT molecular complexity index is 433. The van der Waals surface area contributed by atoms with Crippen LogP contribution in [0.3, 0.4) is 0 Å². The second-order valence-electron chi connectivity index (χ2n) is 3.78. The fraction of sp³-hybridized carbons (Fsp3) is 0.400. The largest absolute Gasteiger partial charge is 0.416 e. The SMILES string of the molecule is O=C1CC(Nc2cc(C(F)(F)F)ccn2)CN1. The number of hydrogen-bond donors (Lipinski definition) is 2. The zero-order valence-corrected chi connectivity index (χ0v) is 8.71. The highest BCUT2D eigenvalue weighted by molar-refractivity contribution is 5.79. The van der Waals surface area contributed by atoms with Crippen LogP contribution in [0.15, 0.2) is 18.3 Å². The molecule has 1 saturated heterocycles. The Balaban J connectivity index is 2.09. The standard InChI is InChI=1S/C10H10F3N3O/c11-10(12,13)6-1-2-14-8(3-6)16-7-4-9(17)15-5-7/h1-3,7H,4-5H2,(H,14,16)(H,15,17). The summed E-state index contributed by atoms with van der Waals surface area (Å²) >= 11 is 0. The van der Waals surface area contributed by atoms with Gasteiger partial charge < -0.3 is 10.6 Å². The maximum Gasteiger partial charge on any atom is 0.416 e. The van der Waals surface area contributed by atoms with Gasteiger partial charge in [0.2, 0.25) is 5.91 Å². The lowest BCUT2D eigenvalue weighted by Gasteiger charge is -2.13. The summed E-state index contributed by atoms with van der Waals surface area (Å²) < 4.78 is 37.3. The van der Waals surface area contributed by atoms with Crippen LogP contribution in [0.2, 0.25) is 0 Å². The van der Waals surface area contributed by atoms with Gasteiger partial charge in [-0.3, -0.25) is 4.79 Å². The van der Waals surface area contributed by atoms with Crippen LogP contribution in [0.5, 0.6) is 0 Å². The first-order valence-corrected chi connectivity index (χ1v) is 5.01. The lowest BCUT2D eigenvalue weighted by atomic mass is 10.2. The van der Waals surface area contributed by atoms with Crippen molar-refractivity contribution in [2.24, 2.45) is 0 Å². The number of nitrogens with one attached hydrogen (secondary N) is 2. The molecule has 1 amide bonds. The molecule has 0 bridgehead atoms. The fourth-order valence-electron chi connectivity index (χ4n) is 1.60. The second kappa shape index (κ2) is 4.23. The van der Waals surface area contributed by atoms with Crippen LogP contribution in [-0.2, 0) is 11.0 Å². The smallest absolute Gasteiger partial charge is 0.365 e. The molecule has 0 aliphatic carbocycles. The molecule has 1 aromatic heterocycles. The van der Waals surface area contributed by atoms with Gasteiger partial charge in [-0.1, -0.05) is 0 Å². The maximum atomic E-state index is 12.4. The molecule has 1 aromatic rings. The predicted octanol–water partition coefficient (Wildman–Crippen LogP) is 1.40. The van der Waals surface area contributed by atoms with Crippen LogP contribution in [-0.4, -0.2) is 23.5 Å². The normalized spacial score (nSPS) is 20.2. The fourth-order valence-corrected chi connectivity index (χ4v) is 1.60. The predicted molar refractivity (Wildman–Crippen MR) is 54.3 cm³/mol. The Labute approximate surface area is 95.2 Å². The molecule has 4 nitrogen and oxygen atoms in total. The molecule has 0 aromatic carbocycles. The van der Waals surface area contributed by atoms with Crippen molar-refractivity contribution in [1.29, 1.82) is 0 Å². The van der Waals surface area contributed by atoms with Crippen LogP contribution >= 0.6 is 0 Å². The van der Waals surface area contributed by atoms with Crippen molar-refractivity contribution in [1.82, 2.24) is 10.3 Å².